The van der Waals surface area contributed by atoms with Gasteiger partial charge in [0, 0.05) is 25.2 Å². The monoisotopic (exact) mass is 608 g/mol. The Morgan fingerprint density at radius 3 is 2.50 bits per heavy atom. The summed E-state index contributed by atoms with van der Waals surface area (Å²) >= 11 is 0. The largest absolute Gasteiger partial charge is 0.495 e. The number of benzene rings is 2. The quantitative estimate of drug-likeness (QED) is 0.284. The topological polar surface area (TPSA) is 87.2 Å². The first kappa shape index (κ1) is 31.9. The summed E-state index contributed by atoms with van der Waals surface area (Å²) in [5.74, 6) is -1.45. The van der Waals surface area contributed by atoms with Crippen molar-refractivity contribution in [2.75, 3.05) is 31.6 Å². The Labute approximate surface area is 246 Å². The number of fused-ring (bicyclic) bond motifs is 1. The number of piperidine rings is 1. The molecule has 2 aromatic carbocycles. The van der Waals surface area contributed by atoms with E-state index in [1.165, 1.54) is 13.2 Å². The van der Waals surface area contributed by atoms with Crippen LogP contribution in [0.3, 0.4) is 0 Å². The van der Waals surface area contributed by atoms with Crippen molar-refractivity contribution in [1.82, 2.24) is 4.90 Å². The van der Waals surface area contributed by atoms with Crippen LogP contribution >= 0.6 is 0 Å². The van der Waals surface area contributed by atoms with Gasteiger partial charge >= 0.3 is 6.18 Å². The van der Waals surface area contributed by atoms with Crippen LogP contribution in [0.5, 0.6) is 5.75 Å². The Bertz CT molecular complexity index is 1400. The molecule has 2 atom stereocenters. The molecule has 11 heteroatoms. The van der Waals surface area contributed by atoms with E-state index in [0.717, 1.165) is 6.42 Å². The fourth-order valence-electron chi connectivity index (χ4n) is 6.24. The predicted octanol–water partition coefficient (Wildman–Crippen LogP) is 7.35. The standard InChI is InChI=1S/C31H39F3N2O5S/c1-4-5-10-25(31(32,33)34)21(2)19-22-14-17-35(18-15-22)30(37)24-12-13-26(27(20-24)41-3)36-16-7-9-23-8-6-11-28(29(23)36)42(38,39)40/h6-9,11-13,20-22,25H,4-5,10,14-19H2,1-3H3,(H,38,39,40). The second kappa shape index (κ2) is 13.1. The normalized spacial score (nSPS) is 17.6. The van der Waals surface area contributed by atoms with Crippen molar-refractivity contribution < 1.29 is 35.7 Å². The van der Waals surface area contributed by atoms with Crippen LogP contribution in [0.2, 0.25) is 0 Å². The zero-order valence-corrected chi connectivity index (χ0v) is 25.0. The molecule has 2 aliphatic heterocycles. The molecule has 1 amide bonds. The summed E-state index contributed by atoms with van der Waals surface area (Å²) in [4.78, 5) is 16.6. The molecule has 230 valence electrons. The molecule has 2 aliphatic rings. The third-order valence-corrected chi connectivity index (χ3v) is 9.35. The fourth-order valence-corrected chi connectivity index (χ4v) is 6.96. The minimum Gasteiger partial charge on any atom is -0.495 e. The van der Waals surface area contributed by atoms with E-state index < -0.39 is 28.1 Å². The van der Waals surface area contributed by atoms with Crippen molar-refractivity contribution in [3.05, 3.63) is 53.6 Å². The van der Waals surface area contributed by atoms with Gasteiger partial charge in [0.05, 0.1) is 24.4 Å². The van der Waals surface area contributed by atoms with Gasteiger partial charge in [0.1, 0.15) is 10.6 Å². The number of halogens is 3. The number of hydrogen-bond donors (Lipinski definition) is 1. The number of unbranched alkanes of at least 4 members (excludes halogenated alkanes) is 1. The molecule has 0 saturated carbocycles. The molecule has 1 saturated heterocycles. The number of nitrogens with zero attached hydrogens (tertiary/aromatic N) is 2. The number of ether oxygens (including phenoxy) is 1. The van der Waals surface area contributed by atoms with Gasteiger partial charge in [0.2, 0.25) is 0 Å². The Kier molecular flexibility index (Phi) is 9.92. The SMILES string of the molecule is CCCCC(C(C)CC1CCN(C(=O)c2ccc(N3CC=Cc4cccc(S(=O)(=O)O)c43)c(OC)c2)CC1)C(F)(F)F. The van der Waals surface area contributed by atoms with Crippen LogP contribution in [0, 0.1) is 17.8 Å². The Hall–Kier alpha value is -3.05. The lowest BCUT2D eigenvalue weighted by Crippen LogP contribution is -2.39. The maximum Gasteiger partial charge on any atom is 0.392 e. The van der Waals surface area contributed by atoms with Crippen LogP contribution in [0.4, 0.5) is 24.5 Å². The molecular weight excluding hydrogens is 569 g/mol. The van der Waals surface area contributed by atoms with Gasteiger partial charge in [-0.05, 0) is 67.3 Å². The predicted molar refractivity (Wildman–Crippen MR) is 157 cm³/mol. The maximum absolute atomic E-state index is 13.7. The Morgan fingerprint density at radius 1 is 1.17 bits per heavy atom. The highest BCUT2D eigenvalue weighted by Gasteiger charge is 2.43. The van der Waals surface area contributed by atoms with E-state index in [4.69, 9.17) is 4.74 Å². The number of alkyl halides is 3. The van der Waals surface area contributed by atoms with E-state index in [2.05, 4.69) is 0 Å². The van der Waals surface area contributed by atoms with Crippen LogP contribution < -0.4 is 9.64 Å². The van der Waals surface area contributed by atoms with Crippen LogP contribution in [0.15, 0.2) is 47.4 Å². The van der Waals surface area contributed by atoms with E-state index in [-0.39, 0.29) is 23.1 Å². The van der Waals surface area contributed by atoms with Crippen molar-refractivity contribution >= 4 is 33.5 Å². The number of para-hydroxylation sites is 1. The van der Waals surface area contributed by atoms with Crippen molar-refractivity contribution in [3.63, 3.8) is 0 Å². The van der Waals surface area contributed by atoms with E-state index in [1.54, 1.807) is 53.1 Å². The minimum absolute atomic E-state index is 0.136. The lowest BCUT2D eigenvalue weighted by Gasteiger charge is -2.35. The molecule has 0 aromatic heterocycles. The van der Waals surface area contributed by atoms with Crippen LogP contribution in [-0.2, 0) is 10.1 Å². The molecular formula is C31H39F3N2O5S. The summed E-state index contributed by atoms with van der Waals surface area (Å²) in [5, 5.41) is 0. The van der Waals surface area contributed by atoms with Crippen LogP contribution in [-0.4, -0.2) is 56.7 Å². The number of hydrogen-bond acceptors (Lipinski definition) is 5. The van der Waals surface area contributed by atoms with Gasteiger partial charge in [0.25, 0.3) is 16.0 Å². The molecule has 2 aromatic rings. The Morgan fingerprint density at radius 2 is 1.88 bits per heavy atom. The smallest absolute Gasteiger partial charge is 0.392 e. The number of rotatable bonds is 10. The van der Waals surface area contributed by atoms with Gasteiger partial charge in [0.15, 0.2) is 0 Å². The number of amides is 1. The summed E-state index contributed by atoms with van der Waals surface area (Å²) in [7, 11) is -3.04. The molecule has 1 N–H and O–H groups in total. The Balaban J connectivity index is 1.46. The van der Waals surface area contributed by atoms with Gasteiger partial charge in [-0.1, -0.05) is 51.0 Å². The molecule has 1 fully saturated rings. The molecule has 2 heterocycles. The van der Waals surface area contributed by atoms with Gasteiger partial charge in [-0.3, -0.25) is 9.35 Å². The number of methoxy groups -OCH3 is 1. The number of carbonyl (C=O) groups excluding carboxylic acids is 1. The van der Waals surface area contributed by atoms with E-state index in [1.807, 2.05) is 13.0 Å². The highest BCUT2D eigenvalue weighted by atomic mass is 32.2. The fraction of sp³-hybridized carbons (Fsp3) is 0.516. The highest BCUT2D eigenvalue weighted by Crippen LogP contribution is 2.43. The first-order chi connectivity index (χ1) is 19.8. The average Bonchev–Trinajstić information content (AvgIpc) is 2.95. The molecule has 0 aliphatic carbocycles. The molecule has 0 radical (unpaired) electrons. The van der Waals surface area contributed by atoms with Crippen molar-refractivity contribution in [3.8, 4) is 5.75 Å². The molecule has 4 rings (SSSR count). The molecule has 7 nitrogen and oxygen atoms in total. The van der Waals surface area contributed by atoms with Crippen LogP contribution in [0.1, 0.15) is 68.3 Å². The maximum atomic E-state index is 13.7. The first-order valence-electron chi connectivity index (χ1n) is 14.4. The van der Waals surface area contributed by atoms with Gasteiger partial charge in [-0.15, -0.1) is 0 Å². The van der Waals surface area contributed by atoms with Crippen molar-refractivity contribution in [2.24, 2.45) is 17.8 Å². The third kappa shape index (κ3) is 7.11. The summed E-state index contributed by atoms with van der Waals surface area (Å²) in [5.41, 5.74) is 1.86. The van der Waals surface area contributed by atoms with Crippen molar-refractivity contribution in [1.29, 1.82) is 0 Å². The highest BCUT2D eigenvalue weighted by molar-refractivity contribution is 7.86. The first-order valence-corrected chi connectivity index (χ1v) is 15.9. The molecule has 42 heavy (non-hydrogen) atoms. The molecule has 2 unspecified atom stereocenters. The second-order valence-electron chi connectivity index (χ2n) is 11.3. The molecule has 0 spiro atoms. The van der Waals surface area contributed by atoms with E-state index >= 15 is 0 Å². The average molecular weight is 609 g/mol. The lowest BCUT2D eigenvalue weighted by molar-refractivity contribution is -0.191. The minimum atomic E-state index is -4.50. The summed E-state index contributed by atoms with van der Waals surface area (Å²) in [6.07, 6.45) is 2.70. The van der Waals surface area contributed by atoms with Gasteiger partial charge in [-0.2, -0.15) is 21.6 Å². The second-order valence-corrected chi connectivity index (χ2v) is 12.7. The van der Waals surface area contributed by atoms with Gasteiger partial charge < -0.3 is 14.5 Å². The number of anilines is 2. The summed E-state index contributed by atoms with van der Waals surface area (Å²) < 4.78 is 80.7. The number of likely N-dealkylation sites (tertiary alicyclic amines) is 1. The van der Waals surface area contributed by atoms with Gasteiger partial charge in [-0.25, -0.2) is 0 Å². The van der Waals surface area contributed by atoms with E-state index in [0.29, 0.717) is 73.6 Å². The van der Waals surface area contributed by atoms with E-state index in [9.17, 15) is 30.9 Å². The zero-order chi connectivity index (χ0) is 30.7. The van der Waals surface area contributed by atoms with Crippen LogP contribution in [0.25, 0.3) is 6.08 Å². The summed E-state index contributed by atoms with van der Waals surface area (Å²) in [6.45, 7) is 4.86. The molecule has 0 bridgehead atoms. The summed E-state index contributed by atoms with van der Waals surface area (Å²) in [6, 6.07) is 9.60. The lowest BCUT2D eigenvalue weighted by atomic mass is 9.79. The third-order valence-electron chi connectivity index (χ3n) is 8.46. The van der Waals surface area contributed by atoms with Crippen molar-refractivity contribution in [2.45, 2.75) is 63.4 Å². The number of carbonyl (C=O) groups is 1. The zero-order valence-electron chi connectivity index (χ0n) is 24.2.